The minimum Gasteiger partial charge on any atom is -0.489 e. The fourth-order valence-corrected chi connectivity index (χ4v) is 4.08. The van der Waals surface area contributed by atoms with Crippen LogP contribution in [0, 0.1) is 0 Å². The highest BCUT2D eigenvalue weighted by atomic mass is 32.2. The van der Waals surface area contributed by atoms with E-state index in [2.05, 4.69) is 12.2 Å². The number of benzene rings is 1. The summed E-state index contributed by atoms with van der Waals surface area (Å²) in [5.41, 5.74) is 1.09. The molecular weight excluding hydrogens is 262 g/mol. The SMILES string of the molecule is CCC(NC)c1ccccc1OC1CCS(=O)(=O)C1. The van der Waals surface area contributed by atoms with Crippen molar-refractivity contribution < 1.29 is 13.2 Å². The molecule has 0 spiro atoms. The standard InChI is InChI=1S/C14H21NO3S/c1-3-13(15-2)12-6-4-5-7-14(12)18-11-8-9-19(16,17)10-11/h4-7,11,13,15H,3,8-10H2,1-2H3. The zero-order valence-corrected chi connectivity index (χ0v) is 12.2. The van der Waals surface area contributed by atoms with Crippen molar-refractivity contribution in [3.8, 4) is 5.75 Å². The Morgan fingerprint density at radius 3 is 2.74 bits per heavy atom. The molecule has 2 rings (SSSR count). The van der Waals surface area contributed by atoms with Crippen molar-refractivity contribution in [1.29, 1.82) is 0 Å². The summed E-state index contributed by atoms with van der Waals surface area (Å²) in [7, 11) is -0.979. The van der Waals surface area contributed by atoms with Crippen molar-refractivity contribution >= 4 is 9.84 Å². The first-order valence-corrected chi connectivity index (χ1v) is 8.51. The molecule has 1 heterocycles. The maximum absolute atomic E-state index is 11.5. The average molecular weight is 283 g/mol. The van der Waals surface area contributed by atoms with Crippen LogP contribution in [0.25, 0.3) is 0 Å². The lowest BCUT2D eigenvalue weighted by atomic mass is 10.0. The van der Waals surface area contributed by atoms with Crippen molar-refractivity contribution in [2.45, 2.75) is 31.9 Å². The van der Waals surface area contributed by atoms with Gasteiger partial charge in [-0.05, 0) is 26.0 Å². The molecule has 1 aromatic carbocycles. The maximum atomic E-state index is 11.5. The van der Waals surface area contributed by atoms with Crippen LogP contribution in [0.3, 0.4) is 0 Å². The van der Waals surface area contributed by atoms with E-state index in [1.165, 1.54) is 0 Å². The molecule has 1 aliphatic rings. The molecule has 106 valence electrons. The number of sulfone groups is 1. The number of ether oxygens (including phenoxy) is 1. The van der Waals surface area contributed by atoms with Crippen molar-refractivity contribution in [2.75, 3.05) is 18.6 Å². The Bertz CT molecular complexity index is 523. The van der Waals surface area contributed by atoms with E-state index in [1.54, 1.807) is 0 Å². The molecule has 0 aromatic heterocycles. The molecule has 1 aromatic rings. The minimum atomic E-state index is -2.90. The zero-order valence-electron chi connectivity index (χ0n) is 11.4. The Kier molecular flexibility index (Phi) is 4.47. The molecule has 0 aliphatic carbocycles. The average Bonchev–Trinajstić information content (AvgIpc) is 2.72. The van der Waals surface area contributed by atoms with E-state index in [4.69, 9.17) is 4.74 Å². The maximum Gasteiger partial charge on any atom is 0.154 e. The van der Waals surface area contributed by atoms with Gasteiger partial charge in [0.15, 0.2) is 9.84 Å². The van der Waals surface area contributed by atoms with Crippen molar-refractivity contribution in [1.82, 2.24) is 5.32 Å². The molecule has 1 N–H and O–H groups in total. The Hall–Kier alpha value is -1.07. The summed E-state index contributed by atoms with van der Waals surface area (Å²) in [6, 6.07) is 8.08. The van der Waals surface area contributed by atoms with Crippen LogP contribution in [0.5, 0.6) is 5.75 Å². The van der Waals surface area contributed by atoms with Crippen molar-refractivity contribution in [3.05, 3.63) is 29.8 Å². The Labute approximate surface area is 115 Å². The molecule has 1 aliphatic heterocycles. The van der Waals surface area contributed by atoms with Gasteiger partial charge in [-0.15, -0.1) is 0 Å². The largest absolute Gasteiger partial charge is 0.489 e. The fourth-order valence-electron chi connectivity index (χ4n) is 2.49. The second kappa shape index (κ2) is 5.92. The van der Waals surface area contributed by atoms with Crippen molar-refractivity contribution in [2.24, 2.45) is 0 Å². The molecule has 5 heteroatoms. The molecule has 0 bridgehead atoms. The molecule has 19 heavy (non-hydrogen) atoms. The predicted molar refractivity (Wildman–Crippen MR) is 76.2 cm³/mol. The van der Waals surface area contributed by atoms with Gasteiger partial charge in [-0.3, -0.25) is 0 Å². The van der Waals surface area contributed by atoms with Crippen LogP contribution in [-0.2, 0) is 9.84 Å². The van der Waals surface area contributed by atoms with Crippen molar-refractivity contribution in [3.63, 3.8) is 0 Å². The molecule has 4 nitrogen and oxygen atoms in total. The third kappa shape index (κ3) is 3.48. The monoisotopic (exact) mass is 283 g/mol. The smallest absolute Gasteiger partial charge is 0.154 e. The second-order valence-corrected chi connectivity index (χ2v) is 7.16. The lowest BCUT2D eigenvalue weighted by Crippen LogP contribution is -2.21. The predicted octanol–water partition coefficient (Wildman–Crippen LogP) is 1.92. The quantitative estimate of drug-likeness (QED) is 0.897. The molecule has 0 amide bonds. The van der Waals surface area contributed by atoms with Crippen LogP contribution in [0.1, 0.15) is 31.4 Å². The van der Waals surface area contributed by atoms with Gasteiger partial charge in [0.05, 0.1) is 11.5 Å². The van der Waals surface area contributed by atoms with E-state index >= 15 is 0 Å². The molecule has 2 unspecified atom stereocenters. The van der Waals surface area contributed by atoms with Gasteiger partial charge >= 0.3 is 0 Å². The highest BCUT2D eigenvalue weighted by Crippen LogP contribution is 2.29. The van der Waals surface area contributed by atoms with Gasteiger partial charge in [-0.25, -0.2) is 8.42 Å². The van der Waals surface area contributed by atoms with E-state index in [9.17, 15) is 8.42 Å². The molecule has 0 radical (unpaired) electrons. The summed E-state index contributed by atoms with van der Waals surface area (Å²) in [5.74, 6) is 1.17. The number of nitrogens with one attached hydrogen (secondary N) is 1. The van der Waals surface area contributed by atoms with E-state index in [-0.39, 0.29) is 23.7 Å². The number of hydrogen-bond donors (Lipinski definition) is 1. The normalized spacial score (nSPS) is 23.2. The number of para-hydroxylation sites is 1. The van der Waals surface area contributed by atoms with Gasteiger partial charge in [0.2, 0.25) is 0 Å². The van der Waals surface area contributed by atoms with Crippen LogP contribution in [0.4, 0.5) is 0 Å². The third-order valence-corrected chi connectivity index (χ3v) is 5.27. The van der Waals surface area contributed by atoms with E-state index in [0.717, 1.165) is 17.7 Å². The van der Waals surface area contributed by atoms with E-state index in [0.29, 0.717) is 6.42 Å². The highest BCUT2D eigenvalue weighted by Gasteiger charge is 2.30. The summed E-state index contributed by atoms with van der Waals surface area (Å²) < 4.78 is 28.8. The van der Waals surface area contributed by atoms with E-state index in [1.807, 2.05) is 31.3 Å². The summed E-state index contributed by atoms with van der Waals surface area (Å²) in [4.78, 5) is 0. The van der Waals surface area contributed by atoms with Gasteiger partial charge in [0, 0.05) is 11.6 Å². The lowest BCUT2D eigenvalue weighted by molar-refractivity contribution is 0.224. The molecule has 1 fully saturated rings. The molecule has 0 saturated carbocycles. The van der Waals surface area contributed by atoms with Gasteiger partial charge in [-0.2, -0.15) is 0 Å². The van der Waals surface area contributed by atoms with Gasteiger partial charge in [0.25, 0.3) is 0 Å². The first-order chi connectivity index (χ1) is 9.05. The van der Waals surface area contributed by atoms with Gasteiger partial charge in [-0.1, -0.05) is 25.1 Å². The lowest BCUT2D eigenvalue weighted by Gasteiger charge is -2.21. The summed E-state index contributed by atoms with van der Waals surface area (Å²) in [5, 5.41) is 3.25. The first-order valence-electron chi connectivity index (χ1n) is 6.69. The molecule has 2 atom stereocenters. The number of hydrogen-bond acceptors (Lipinski definition) is 4. The second-order valence-electron chi connectivity index (χ2n) is 4.93. The highest BCUT2D eigenvalue weighted by molar-refractivity contribution is 7.91. The number of rotatable bonds is 5. The van der Waals surface area contributed by atoms with Crippen LogP contribution in [-0.4, -0.2) is 33.1 Å². The fraction of sp³-hybridized carbons (Fsp3) is 0.571. The Morgan fingerprint density at radius 1 is 1.42 bits per heavy atom. The Balaban J connectivity index is 2.16. The Morgan fingerprint density at radius 2 is 2.16 bits per heavy atom. The van der Waals surface area contributed by atoms with Crippen LogP contribution < -0.4 is 10.1 Å². The van der Waals surface area contributed by atoms with Crippen LogP contribution in [0.15, 0.2) is 24.3 Å². The third-order valence-electron chi connectivity index (χ3n) is 3.54. The van der Waals surface area contributed by atoms with Crippen LogP contribution in [0.2, 0.25) is 0 Å². The summed E-state index contributed by atoms with van der Waals surface area (Å²) >= 11 is 0. The van der Waals surface area contributed by atoms with Gasteiger partial charge in [0.1, 0.15) is 11.9 Å². The minimum absolute atomic E-state index is 0.137. The first kappa shape index (κ1) is 14.3. The summed E-state index contributed by atoms with van der Waals surface area (Å²) in [6.07, 6.45) is 1.34. The molecule has 1 saturated heterocycles. The topological polar surface area (TPSA) is 55.4 Å². The van der Waals surface area contributed by atoms with Crippen LogP contribution >= 0.6 is 0 Å². The molecular formula is C14H21NO3S. The van der Waals surface area contributed by atoms with E-state index < -0.39 is 9.84 Å². The summed E-state index contributed by atoms with van der Waals surface area (Å²) in [6.45, 7) is 2.11. The van der Waals surface area contributed by atoms with Gasteiger partial charge < -0.3 is 10.1 Å². The zero-order chi connectivity index (χ0) is 13.9.